The number of imidazole rings is 1. The van der Waals surface area contributed by atoms with Gasteiger partial charge in [0.25, 0.3) is 0 Å². The van der Waals surface area contributed by atoms with Crippen LogP contribution in [0, 0.1) is 12.8 Å². The first-order valence-electron chi connectivity index (χ1n) is 5.41. The van der Waals surface area contributed by atoms with E-state index < -0.39 is 11.9 Å². The standard InChI is InChI=1S/C12H14N2O3/c1-7-4-3-5-9-10(7)14(12(17)13-9)6-8(2)11(15)16/h3-5,8H,6H2,1-2H3,(H,13,17)(H,15,16). The Hall–Kier alpha value is -2.04. The molecule has 1 unspecified atom stereocenters. The number of benzene rings is 1. The Labute approximate surface area is 97.7 Å². The lowest BCUT2D eigenvalue weighted by molar-refractivity contribution is -0.141. The molecule has 0 bridgehead atoms. The van der Waals surface area contributed by atoms with Gasteiger partial charge in [-0.2, -0.15) is 0 Å². The van der Waals surface area contributed by atoms with Gasteiger partial charge in [-0.25, -0.2) is 4.79 Å². The number of hydrogen-bond donors (Lipinski definition) is 2. The lowest BCUT2D eigenvalue weighted by Crippen LogP contribution is -2.24. The fourth-order valence-electron chi connectivity index (χ4n) is 1.93. The van der Waals surface area contributed by atoms with Crippen LogP contribution in [0.3, 0.4) is 0 Å². The van der Waals surface area contributed by atoms with Gasteiger partial charge in [0.1, 0.15) is 0 Å². The van der Waals surface area contributed by atoms with E-state index in [1.807, 2.05) is 25.1 Å². The zero-order chi connectivity index (χ0) is 12.6. The molecule has 1 heterocycles. The quantitative estimate of drug-likeness (QED) is 0.842. The summed E-state index contributed by atoms with van der Waals surface area (Å²) < 4.78 is 1.49. The molecule has 0 aliphatic heterocycles. The summed E-state index contributed by atoms with van der Waals surface area (Å²) in [7, 11) is 0. The average Bonchev–Trinajstić information content (AvgIpc) is 2.56. The van der Waals surface area contributed by atoms with Crippen molar-refractivity contribution < 1.29 is 9.90 Å². The van der Waals surface area contributed by atoms with Gasteiger partial charge in [-0.1, -0.05) is 19.1 Å². The Kier molecular flexibility index (Phi) is 2.75. The minimum absolute atomic E-state index is 0.180. The molecule has 0 radical (unpaired) electrons. The number of para-hydroxylation sites is 1. The summed E-state index contributed by atoms with van der Waals surface area (Å²) in [6, 6.07) is 5.57. The topological polar surface area (TPSA) is 75.1 Å². The summed E-state index contributed by atoms with van der Waals surface area (Å²) in [6.45, 7) is 3.67. The summed E-state index contributed by atoms with van der Waals surface area (Å²) in [5.74, 6) is -1.49. The number of aliphatic carboxylic acids is 1. The van der Waals surface area contributed by atoms with Crippen LogP contribution in [0.4, 0.5) is 0 Å². The molecule has 5 heteroatoms. The van der Waals surface area contributed by atoms with Crippen molar-refractivity contribution in [3.63, 3.8) is 0 Å². The van der Waals surface area contributed by atoms with Crippen molar-refractivity contribution in [1.82, 2.24) is 9.55 Å². The van der Waals surface area contributed by atoms with Crippen LogP contribution in [0.25, 0.3) is 11.0 Å². The first-order chi connectivity index (χ1) is 8.00. The highest BCUT2D eigenvalue weighted by Crippen LogP contribution is 2.16. The average molecular weight is 234 g/mol. The molecule has 2 aromatic rings. The van der Waals surface area contributed by atoms with Crippen LogP contribution >= 0.6 is 0 Å². The molecule has 0 saturated carbocycles. The minimum atomic E-state index is -0.903. The van der Waals surface area contributed by atoms with Crippen molar-refractivity contribution in [2.75, 3.05) is 0 Å². The number of aromatic amines is 1. The number of aryl methyl sites for hydroxylation is 1. The predicted molar refractivity (Wildman–Crippen MR) is 64.1 cm³/mol. The number of fused-ring (bicyclic) bond motifs is 1. The van der Waals surface area contributed by atoms with Gasteiger partial charge < -0.3 is 10.1 Å². The molecule has 0 spiro atoms. The van der Waals surface area contributed by atoms with Gasteiger partial charge in [-0.05, 0) is 18.6 Å². The van der Waals surface area contributed by atoms with E-state index in [0.717, 1.165) is 16.6 Å². The van der Waals surface area contributed by atoms with Crippen molar-refractivity contribution in [3.8, 4) is 0 Å². The summed E-state index contributed by atoms with van der Waals surface area (Å²) in [5, 5.41) is 8.89. The number of rotatable bonds is 3. The highest BCUT2D eigenvalue weighted by Gasteiger charge is 2.16. The van der Waals surface area contributed by atoms with E-state index >= 15 is 0 Å². The van der Waals surface area contributed by atoms with E-state index in [1.54, 1.807) is 6.92 Å². The van der Waals surface area contributed by atoms with Crippen LogP contribution < -0.4 is 5.69 Å². The molecular weight excluding hydrogens is 220 g/mol. The zero-order valence-electron chi connectivity index (χ0n) is 9.73. The number of hydrogen-bond acceptors (Lipinski definition) is 2. The van der Waals surface area contributed by atoms with Gasteiger partial charge in [0.15, 0.2) is 0 Å². The molecule has 2 rings (SSSR count). The molecule has 0 saturated heterocycles. The van der Waals surface area contributed by atoms with Gasteiger partial charge in [0.2, 0.25) is 0 Å². The van der Waals surface area contributed by atoms with Gasteiger partial charge in [0, 0.05) is 6.54 Å². The van der Waals surface area contributed by atoms with Crippen molar-refractivity contribution in [1.29, 1.82) is 0 Å². The van der Waals surface area contributed by atoms with Gasteiger partial charge in [-0.15, -0.1) is 0 Å². The number of nitrogens with zero attached hydrogens (tertiary/aromatic N) is 1. The van der Waals surface area contributed by atoms with E-state index in [2.05, 4.69) is 4.98 Å². The minimum Gasteiger partial charge on any atom is -0.481 e. The Morgan fingerprint density at radius 1 is 1.53 bits per heavy atom. The third-order valence-electron chi connectivity index (χ3n) is 2.87. The third kappa shape index (κ3) is 1.95. The maximum Gasteiger partial charge on any atom is 0.326 e. The Morgan fingerprint density at radius 2 is 2.24 bits per heavy atom. The van der Waals surface area contributed by atoms with Crippen molar-refractivity contribution >= 4 is 17.0 Å². The predicted octanol–water partition coefficient (Wildman–Crippen LogP) is 1.36. The van der Waals surface area contributed by atoms with Gasteiger partial charge in [-0.3, -0.25) is 9.36 Å². The number of carboxylic acid groups (broad SMARTS) is 1. The maximum atomic E-state index is 11.8. The lowest BCUT2D eigenvalue weighted by atomic mass is 10.1. The van der Waals surface area contributed by atoms with E-state index in [-0.39, 0.29) is 12.2 Å². The summed E-state index contributed by atoms with van der Waals surface area (Å²) in [4.78, 5) is 25.3. The van der Waals surface area contributed by atoms with Gasteiger partial charge in [0.05, 0.1) is 17.0 Å². The third-order valence-corrected chi connectivity index (χ3v) is 2.87. The van der Waals surface area contributed by atoms with Crippen LogP contribution in [-0.2, 0) is 11.3 Å². The van der Waals surface area contributed by atoms with Crippen LogP contribution in [0.1, 0.15) is 12.5 Å². The maximum absolute atomic E-state index is 11.8. The van der Waals surface area contributed by atoms with E-state index in [9.17, 15) is 9.59 Å². The molecule has 17 heavy (non-hydrogen) atoms. The van der Waals surface area contributed by atoms with E-state index in [0.29, 0.717) is 0 Å². The SMILES string of the molecule is Cc1cccc2[nH]c(=O)n(CC(C)C(=O)O)c12. The molecule has 2 N–H and O–H groups in total. The molecule has 0 amide bonds. The van der Waals surface area contributed by atoms with Gasteiger partial charge >= 0.3 is 11.7 Å². The number of H-pyrrole nitrogens is 1. The Balaban J connectivity index is 2.57. The number of carboxylic acids is 1. The first-order valence-corrected chi connectivity index (χ1v) is 5.41. The highest BCUT2D eigenvalue weighted by molar-refractivity contribution is 5.79. The second kappa shape index (κ2) is 4.08. The van der Waals surface area contributed by atoms with Crippen molar-refractivity contribution in [3.05, 3.63) is 34.2 Å². The molecule has 0 fully saturated rings. The molecule has 0 aliphatic carbocycles. The summed E-state index contributed by atoms with van der Waals surface area (Å²) in [6.07, 6.45) is 0. The Bertz CT molecular complexity index is 624. The van der Waals surface area contributed by atoms with Crippen LogP contribution in [0.2, 0.25) is 0 Å². The summed E-state index contributed by atoms with van der Waals surface area (Å²) in [5.41, 5.74) is 2.22. The van der Waals surface area contributed by atoms with E-state index in [1.165, 1.54) is 4.57 Å². The smallest absolute Gasteiger partial charge is 0.326 e. The monoisotopic (exact) mass is 234 g/mol. The second-order valence-corrected chi connectivity index (χ2v) is 4.25. The fourth-order valence-corrected chi connectivity index (χ4v) is 1.93. The van der Waals surface area contributed by atoms with Crippen LogP contribution in [-0.4, -0.2) is 20.6 Å². The lowest BCUT2D eigenvalue weighted by Gasteiger charge is -2.08. The Morgan fingerprint density at radius 3 is 2.88 bits per heavy atom. The van der Waals surface area contributed by atoms with Crippen molar-refractivity contribution in [2.45, 2.75) is 20.4 Å². The zero-order valence-corrected chi connectivity index (χ0v) is 9.73. The fraction of sp³-hybridized carbons (Fsp3) is 0.333. The molecule has 0 aliphatic rings. The normalized spacial score (nSPS) is 12.8. The summed E-state index contributed by atoms with van der Waals surface area (Å²) >= 11 is 0. The molecule has 5 nitrogen and oxygen atoms in total. The molecule has 1 aromatic heterocycles. The largest absolute Gasteiger partial charge is 0.481 e. The molecule has 1 aromatic carbocycles. The highest BCUT2D eigenvalue weighted by atomic mass is 16.4. The van der Waals surface area contributed by atoms with Crippen LogP contribution in [0.15, 0.2) is 23.0 Å². The molecule has 90 valence electrons. The number of aromatic nitrogens is 2. The first kappa shape index (κ1) is 11.4. The van der Waals surface area contributed by atoms with Crippen LogP contribution in [0.5, 0.6) is 0 Å². The number of nitrogens with one attached hydrogen (secondary N) is 1. The molecular formula is C12H14N2O3. The second-order valence-electron chi connectivity index (χ2n) is 4.25. The number of carbonyl (C=O) groups is 1. The molecule has 1 atom stereocenters. The van der Waals surface area contributed by atoms with Crippen molar-refractivity contribution in [2.24, 2.45) is 5.92 Å². The van der Waals surface area contributed by atoms with E-state index in [4.69, 9.17) is 5.11 Å².